The van der Waals surface area contributed by atoms with Gasteiger partial charge in [-0.1, -0.05) is 41.0 Å². The van der Waals surface area contributed by atoms with Crippen molar-refractivity contribution in [2.24, 2.45) is 58.2 Å². The number of carbonyl (C=O) groups is 1. The lowest BCUT2D eigenvalue weighted by molar-refractivity contribution is -0.156. The summed E-state index contributed by atoms with van der Waals surface area (Å²) in [5.74, 6) is 3.31. The van der Waals surface area contributed by atoms with Crippen LogP contribution in [0.4, 0.5) is 0 Å². The van der Waals surface area contributed by atoms with Gasteiger partial charge in [0.15, 0.2) is 0 Å². The Balaban J connectivity index is 1.58. The van der Waals surface area contributed by atoms with Crippen LogP contribution in [-0.2, 0) is 9.53 Å². The van der Waals surface area contributed by atoms with Gasteiger partial charge in [-0.05, 0) is 104 Å². The Morgan fingerprint density at radius 2 is 1.69 bits per heavy atom. The molecule has 0 amide bonds. The summed E-state index contributed by atoms with van der Waals surface area (Å²) >= 11 is 0. The summed E-state index contributed by atoms with van der Waals surface area (Å²) in [6, 6.07) is 0. The molecule has 4 nitrogen and oxygen atoms in total. The third kappa shape index (κ3) is 4.06. The second-order valence-corrected chi connectivity index (χ2v) is 12.8. The van der Waals surface area contributed by atoms with Crippen LogP contribution in [0.15, 0.2) is 0 Å². The normalized spacial score (nSPS) is 48.5. The first-order valence-corrected chi connectivity index (χ1v) is 13.6. The van der Waals surface area contributed by atoms with Gasteiger partial charge in [-0.15, -0.1) is 0 Å². The van der Waals surface area contributed by atoms with Crippen molar-refractivity contribution in [2.75, 3.05) is 13.2 Å². The number of ether oxygens (including phenoxy) is 1. The average Bonchev–Trinajstić information content (AvgIpc) is 3.09. The zero-order chi connectivity index (χ0) is 23.3. The van der Waals surface area contributed by atoms with E-state index in [1.165, 1.54) is 25.7 Å². The molecule has 3 aliphatic carbocycles. The minimum Gasteiger partial charge on any atom is -0.481 e. The topological polar surface area (TPSA) is 66.8 Å². The van der Waals surface area contributed by atoms with E-state index < -0.39 is 5.97 Å². The molecular formula is C28H48O4. The smallest absolute Gasteiger partial charge is 0.306 e. The van der Waals surface area contributed by atoms with Gasteiger partial charge in [-0.2, -0.15) is 0 Å². The van der Waals surface area contributed by atoms with Gasteiger partial charge in [-0.3, -0.25) is 4.79 Å². The van der Waals surface area contributed by atoms with Gasteiger partial charge in [-0.25, -0.2) is 0 Å². The zero-order valence-corrected chi connectivity index (χ0v) is 21.2. The van der Waals surface area contributed by atoms with Crippen molar-refractivity contribution in [2.45, 2.75) is 98.5 Å². The summed E-state index contributed by atoms with van der Waals surface area (Å²) in [5.41, 5.74) is 0.628. The SMILES string of the molecule is CC[C@H]1COCC2C(CC[C@@]3(C)C2CC[C@@H]3[C@H](C)C[C@H](C)C(=O)O)[C@@]2(C)CC[C@@H](O)CC12. The molecule has 4 unspecified atom stereocenters. The summed E-state index contributed by atoms with van der Waals surface area (Å²) in [4.78, 5) is 11.5. The predicted octanol–water partition coefficient (Wildman–Crippen LogP) is 6.02. The number of aliphatic carboxylic acids is 1. The molecule has 0 aromatic carbocycles. The van der Waals surface area contributed by atoms with Crippen LogP contribution in [0.3, 0.4) is 0 Å². The standard InChI is InChI=1S/C28H48O4/c1-6-19-15-32-16-21-23-8-7-22(17(2)13-18(3)26(30)31)27(23,4)12-10-24(21)28(5)11-9-20(29)14-25(19)28/h17-25,29H,6-16H2,1-5H3,(H,30,31)/t17-,18+,19+,20-,21?,22-,23?,24?,25?,27-,28-/m1/s1. The largest absolute Gasteiger partial charge is 0.481 e. The Labute approximate surface area is 195 Å². The first-order chi connectivity index (χ1) is 15.1. The van der Waals surface area contributed by atoms with Gasteiger partial charge in [0.1, 0.15) is 0 Å². The fourth-order valence-electron chi connectivity index (χ4n) is 9.55. The molecule has 2 N–H and O–H groups in total. The molecule has 0 radical (unpaired) electrons. The van der Waals surface area contributed by atoms with Crippen LogP contribution in [0.2, 0.25) is 0 Å². The number of aliphatic hydroxyl groups excluding tert-OH is 1. The Kier molecular flexibility index (Phi) is 7.05. The van der Waals surface area contributed by atoms with Crippen molar-refractivity contribution >= 4 is 5.97 Å². The summed E-state index contributed by atoms with van der Waals surface area (Å²) in [7, 11) is 0. The van der Waals surface area contributed by atoms with Crippen molar-refractivity contribution in [1.29, 1.82) is 0 Å². The van der Waals surface area contributed by atoms with Crippen molar-refractivity contribution in [3.05, 3.63) is 0 Å². The molecule has 11 atom stereocenters. The van der Waals surface area contributed by atoms with Crippen LogP contribution in [0.5, 0.6) is 0 Å². The fraction of sp³-hybridized carbons (Fsp3) is 0.964. The fourth-order valence-corrected chi connectivity index (χ4v) is 9.55. The Hall–Kier alpha value is -0.610. The van der Waals surface area contributed by atoms with Gasteiger partial charge in [0.25, 0.3) is 0 Å². The molecule has 4 heteroatoms. The lowest BCUT2D eigenvalue weighted by Gasteiger charge is -2.60. The van der Waals surface area contributed by atoms with Crippen molar-refractivity contribution in [1.82, 2.24) is 0 Å². The van der Waals surface area contributed by atoms with Crippen molar-refractivity contribution < 1.29 is 19.7 Å². The molecule has 4 aliphatic rings. The first-order valence-electron chi connectivity index (χ1n) is 13.6. The molecule has 1 heterocycles. The van der Waals surface area contributed by atoms with E-state index in [-0.39, 0.29) is 12.0 Å². The van der Waals surface area contributed by atoms with E-state index in [1.54, 1.807) is 0 Å². The number of aliphatic hydroxyl groups is 1. The van der Waals surface area contributed by atoms with E-state index >= 15 is 0 Å². The van der Waals surface area contributed by atoms with Gasteiger partial charge in [0, 0.05) is 13.2 Å². The Morgan fingerprint density at radius 1 is 1.00 bits per heavy atom. The second kappa shape index (κ2) is 9.21. The quantitative estimate of drug-likeness (QED) is 0.540. The molecule has 1 saturated heterocycles. The van der Waals surface area contributed by atoms with E-state index in [2.05, 4.69) is 27.7 Å². The van der Waals surface area contributed by atoms with E-state index in [4.69, 9.17) is 4.74 Å². The zero-order valence-electron chi connectivity index (χ0n) is 21.2. The summed E-state index contributed by atoms with van der Waals surface area (Å²) in [6.07, 6.45) is 9.95. The molecule has 0 aromatic rings. The highest BCUT2D eigenvalue weighted by Crippen LogP contribution is 2.66. The van der Waals surface area contributed by atoms with E-state index in [0.29, 0.717) is 52.3 Å². The van der Waals surface area contributed by atoms with E-state index in [1.807, 2.05) is 6.92 Å². The van der Waals surface area contributed by atoms with E-state index in [9.17, 15) is 15.0 Å². The molecule has 32 heavy (non-hydrogen) atoms. The number of rotatable bonds is 5. The first kappa shape index (κ1) is 24.5. The molecule has 0 aromatic heterocycles. The Morgan fingerprint density at radius 3 is 2.38 bits per heavy atom. The van der Waals surface area contributed by atoms with E-state index in [0.717, 1.165) is 45.3 Å². The molecular weight excluding hydrogens is 400 g/mol. The molecule has 0 bridgehead atoms. The maximum Gasteiger partial charge on any atom is 0.306 e. The van der Waals surface area contributed by atoms with Crippen molar-refractivity contribution in [3.8, 4) is 0 Å². The number of fused-ring (bicyclic) bond motifs is 5. The number of carboxylic acid groups (broad SMARTS) is 1. The Bertz CT molecular complexity index is 678. The van der Waals surface area contributed by atoms with Crippen LogP contribution < -0.4 is 0 Å². The second-order valence-electron chi connectivity index (χ2n) is 12.8. The average molecular weight is 449 g/mol. The molecule has 0 spiro atoms. The minimum atomic E-state index is -0.655. The third-order valence-electron chi connectivity index (χ3n) is 11.3. The van der Waals surface area contributed by atoms with Gasteiger partial charge in [0.2, 0.25) is 0 Å². The molecule has 1 aliphatic heterocycles. The molecule has 4 fully saturated rings. The number of hydrogen-bond donors (Lipinski definition) is 2. The number of carboxylic acids is 1. The summed E-state index contributed by atoms with van der Waals surface area (Å²) < 4.78 is 6.46. The van der Waals surface area contributed by atoms with Crippen LogP contribution in [0.25, 0.3) is 0 Å². The third-order valence-corrected chi connectivity index (χ3v) is 11.3. The summed E-state index contributed by atoms with van der Waals surface area (Å²) in [5, 5.41) is 20.0. The van der Waals surface area contributed by atoms with Crippen molar-refractivity contribution in [3.63, 3.8) is 0 Å². The number of hydrogen-bond acceptors (Lipinski definition) is 3. The maximum absolute atomic E-state index is 11.5. The molecule has 3 saturated carbocycles. The highest BCUT2D eigenvalue weighted by Gasteiger charge is 2.60. The monoisotopic (exact) mass is 448 g/mol. The van der Waals surface area contributed by atoms with Gasteiger partial charge in [0.05, 0.1) is 12.0 Å². The lowest BCUT2D eigenvalue weighted by Crippen LogP contribution is -2.55. The lowest BCUT2D eigenvalue weighted by atomic mass is 9.46. The van der Waals surface area contributed by atoms with Crippen LogP contribution in [0, 0.1) is 58.2 Å². The summed E-state index contributed by atoms with van der Waals surface area (Å²) in [6.45, 7) is 13.3. The van der Waals surface area contributed by atoms with Gasteiger partial charge >= 0.3 is 5.97 Å². The minimum absolute atomic E-state index is 0.137. The van der Waals surface area contributed by atoms with Crippen LogP contribution >= 0.6 is 0 Å². The van der Waals surface area contributed by atoms with Crippen LogP contribution in [0.1, 0.15) is 92.4 Å². The molecule has 184 valence electrons. The maximum atomic E-state index is 11.5. The molecule has 4 rings (SSSR count). The highest BCUT2D eigenvalue weighted by atomic mass is 16.5. The van der Waals surface area contributed by atoms with Crippen LogP contribution in [-0.4, -0.2) is 35.5 Å². The van der Waals surface area contributed by atoms with Gasteiger partial charge < -0.3 is 14.9 Å². The predicted molar refractivity (Wildman–Crippen MR) is 127 cm³/mol. The highest BCUT2D eigenvalue weighted by molar-refractivity contribution is 5.69.